The lowest BCUT2D eigenvalue weighted by Crippen LogP contribution is -2.48. The number of carbonyl (C=O) groups excluding carboxylic acids is 2. The topological polar surface area (TPSA) is 58.6 Å². The fraction of sp³-hybridized carbons (Fsp3) is 0.417. The van der Waals surface area contributed by atoms with Crippen molar-refractivity contribution >= 4 is 23.6 Å². The van der Waals surface area contributed by atoms with Crippen molar-refractivity contribution in [3.8, 4) is 5.75 Å². The van der Waals surface area contributed by atoms with Gasteiger partial charge in [-0.3, -0.25) is 9.59 Å². The molecule has 6 heteroatoms. The molecule has 2 rings (SSSR count). The van der Waals surface area contributed by atoms with Gasteiger partial charge in [0.2, 0.25) is 11.8 Å². The van der Waals surface area contributed by atoms with E-state index in [1.807, 2.05) is 55.5 Å². The van der Waals surface area contributed by atoms with Crippen molar-refractivity contribution in [1.82, 2.24) is 10.2 Å². The number of rotatable bonds is 11. The summed E-state index contributed by atoms with van der Waals surface area (Å²) < 4.78 is 5.21. The normalized spacial score (nSPS) is 11.6. The molecule has 0 heterocycles. The van der Waals surface area contributed by atoms with Gasteiger partial charge in [0.15, 0.2) is 0 Å². The summed E-state index contributed by atoms with van der Waals surface area (Å²) in [6.45, 7) is 6.91. The van der Waals surface area contributed by atoms with Gasteiger partial charge in [0.1, 0.15) is 11.8 Å². The largest absolute Gasteiger partial charge is 0.497 e. The van der Waals surface area contributed by atoms with E-state index in [2.05, 4.69) is 12.2 Å². The number of aryl methyl sites for hydroxylation is 1. The first kappa shape index (κ1) is 23.8. The molecule has 162 valence electrons. The molecular weight excluding hydrogens is 396 g/mol. The minimum absolute atomic E-state index is 0.0606. The lowest BCUT2D eigenvalue weighted by molar-refractivity contribution is -0.138. The molecular formula is C24H32N2O3S. The second-order valence-corrected chi connectivity index (χ2v) is 8.34. The third-order valence-electron chi connectivity index (χ3n) is 4.89. The molecule has 0 saturated carbocycles. The quantitative estimate of drug-likeness (QED) is 0.425. The van der Waals surface area contributed by atoms with Gasteiger partial charge in [-0.05, 0) is 50.1 Å². The van der Waals surface area contributed by atoms with Crippen LogP contribution in [0.2, 0.25) is 0 Å². The number of hydrogen-bond donors (Lipinski definition) is 1. The van der Waals surface area contributed by atoms with Gasteiger partial charge in [-0.25, -0.2) is 0 Å². The molecule has 30 heavy (non-hydrogen) atoms. The number of amides is 2. The Hall–Kier alpha value is -2.47. The molecule has 1 N–H and O–H groups in total. The van der Waals surface area contributed by atoms with E-state index in [-0.39, 0.29) is 17.6 Å². The molecule has 0 aliphatic carbocycles. The van der Waals surface area contributed by atoms with Crippen molar-refractivity contribution in [3.63, 3.8) is 0 Å². The van der Waals surface area contributed by atoms with E-state index in [1.54, 1.807) is 18.9 Å². The molecule has 0 spiro atoms. The first-order chi connectivity index (χ1) is 14.4. The molecule has 0 saturated heterocycles. The predicted octanol–water partition coefficient (Wildman–Crippen LogP) is 4.43. The summed E-state index contributed by atoms with van der Waals surface area (Å²) in [6.07, 6.45) is 1.94. The molecule has 0 unspecified atom stereocenters. The summed E-state index contributed by atoms with van der Waals surface area (Å²) in [5.41, 5.74) is 2.14. The van der Waals surface area contributed by atoms with Crippen molar-refractivity contribution in [2.45, 2.75) is 51.1 Å². The van der Waals surface area contributed by atoms with Gasteiger partial charge in [0, 0.05) is 18.0 Å². The van der Waals surface area contributed by atoms with Crippen LogP contribution >= 0.6 is 11.8 Å². The van der Waals surface area contributed by atoms with E-state index in [9.17, 15) is 9.59 Å². The zero-order valence-electron chi connectivity index (χ0n) is 18.3. The highest BCUT2D eigenvalue weighted by atomic mass is 32.2. The van der Waals surface area contributed by atoms with E-state index in [0.29, 0.717) is 13.1 Å². The number of thioether (sulfide) groups is 1. The lowest BCUT2D eigenvalue weighted by Gasteiger charge is -2.29. The van der Waals surface area contributed by atoms with E-state index in [1.165, 1.54) is 17.3 Å². The van der Waals surface area contributed by atoms with Crippen molar-refractivity contribution in [1.29, 1.82) is 0 Å². The number of benzene rings is 2. The summed E-state index contributed by atoms with van der Waals surface area (Å²) in [4.78, 5) is 28.4. The molecule has 2 amide bonds. The van der Waals surface area contributed by atoms with Gasteiger partial charge in [0.05, 0.1) is 12.9 Å². The Morgan fingerprint density at radius 2 is 1.77 bits per heavy atom. The third-order valence-corrected chi connectivity index (χ3v) is 5.89. The van der Waals surface area contributed by atoms with Crippen LogP contribution in [0.3, 0.4) is 0 Å². The lowest BCUT2D eigenvalue weighted by atomic mass is 10.1. The Morgan fingerprint density at radius 1 is 1.10 bits per heavy atom. The number of ether oxygens (including phenoxy) is 1. The van der Waals surface area contributed by atoms with Gasteiger partial charge >= 0.3 is 0 Å². The van der Waals surface area contributed by atoms with Crippen LogP contribution in [0.4, 0.5) is 0 Å². The van der Waals surface area contributed by atoms with Gasteiger partial charge < -0.3 is 15.0 Å². The Bertz CT molecular complexity index is 806. The number of carbonyl (C=O) groups is 2. The van der Waals surface area contributed by atoms with E-state index in [4.69, 9.17) is 4.74 Å². The summed E-state index contributed by atoms with van der Waals surface area (Å²) in [7, 11) is 1.62. The molecule has 0 fully saturated rings. The van der Waals surface area contributed by atoms with Gasteiger partial charge in [-0.2, -0.15) is 0 Å². The number of unbranched alkanes of at least 4 members (excludes halogenated alkanes) is 1. The summed E-state index contributed by atoms with van der Waals surface area (Å²) in [5.74, 6) is 0.864. The minimum Gasteiger partial charge on any atom is -0.497 e. The summed E-state index contributed by atoms with van der Waals surface area (Å²) in [5, 5.41) is 2.94. The summed E-state index contributed by atoms with van der Waals surface area (Å²) >= 11 is 1.49. The molecule has 2 aromatic rings. The third kappa shape index (κ3) is 7.41. The monoisotopic (exact) mass is 428 g/mol. The minimum atomic E-state index is -0.546. The van der Waals surface area contributed by atoms with Crippen LogP contribution in [0.1, 0.15) is 37.8 Å². The van der Waals surface area contributed by atoms with Crippen LogP contribution in [0.15, 0.2) is 53.4 Å². The van der Waals surface area contributed by atoms with Crippen molar-refractivity contribution in [3.05, 3.63) is 59.7 Å². The average Bonchev–Trinajstić information content (AvgIpc) is 2.77. The fourth-order valence-electron chi connectivity index (χ4n) is 2.91. The number of hydrogen-bond acceptors (Lipinski definition) is 4. The van der Waals surface area contributed by atoms with Crippen LogP contribution in [0.5, 0.6) is 5.75 Å². The Morgan fingerprint density at radius 3 is 2.37 bits per heavy atom. The molecule has 0 aliphatic heterocycles. The maximum atomic E-state index is 13.1. The van der Waals surface area contributed by atoms with Gasteiger partial charge in [-0.15, -0.1) is 11.8 Å². The van der Waals surface area contributed by atoms with Gasteiger partial charge in [0.25, 0.3) is 0 Å². The number of nitrogens with one attached hydrogen (secondary N) is 1. The molecule has 0 aliphatic rings. The maximum absolute atomic E-state index is 13.1. The van der Waals surface area contributed by atoms with E-state index >= 15 is 0 Å². The highest BCUT2D eigenvalue weighted by Gasteiger charge is 2.26. The molecule has 2 aromatic carbocycles. The van der Waals surface area contributed by atoms with Crippen LogP contribution < -0.4 is 10.1 Å². The first-order valence-electron chi connectivity index (χ1n) is 10.3. The van der Waals surface area contributed by atoms with Crippen molar-refractivity contribution < 1.29 is 14.3 Å². The smallest absolute Gasteiger partial charge is 0.242 e. The van der Waals surface area contributed by atoms with Crippen molar-refractivity contribution in [2.75, 3.05) is 19.4 Å². The highest BCUT2D eigenvalue weighted by Crippen LogP contribution is 2.21. The second kappa shape index (κ2) is 12.3. The predicted molar refractivity (Wildman–Crippen MR) is 123 cm³/mol. The average molecular weight is 429 g/mol. The molecule has 1 atom stereocenters. The number of nitrogens with zero attached hydrogens (tertiary/aromatic N) is 1. The van der Waals surface area contributed by atoms with E-state index < -0.39 is 6.04 Å². The number of methoxy groups -OCH3 is 1. The van der Waals surface area contributed by atoms with Crippen LogP contribution in [-0.2, 0) is 16.1 Å². The maximum Gasteiger partial charge on any atom is 0.242 e. The van der Waals surface area contributed by atoms with Crippen LogP contribution in [0, 0.1) is 6.92 Å². The van der Waals surface area contributed by atoms with Crippen LogP contribution in [-0.4, -0.2) is 42.2 Å². The first-order valence-corrected chi connectivity index (χ1v) is 11.3. The SMILES string of the molecule is CCCCNC(=O)[C@@H](C)N(Cc1ccc(OC)cc1)C(=O)CSc1ccc(C)cc1. The summed E-state index contributed by atoms with van der Waals surface area (Å²) in [6, 6.07) is 15.1. The molecule has 0 aromatic heterocycles. The second-order valence-electron chi connectivity index (χ2n) is 7.29. The Kier molecular flexibility index (Phi) is 9.74. The standard InChI is InChI=1S/C24H32N2O3S/c1-5-6-15-25-24(28)19(3)26(16-20-9-11-21(29-4)12-10-20)23(27)17-30-22-13-7-18(2)8-14-22/h7-14,19H,5-6,15-17H2,1-4H3,(H,25,28)/t19-/m1/s1. The van der Waals surface area contributed by atoms with Crippen LogP contribution in [0.25, 0.3) is 0 Å². The molecule has 0 radical (unpaired) electrons. The molecule has 0 bridgehead atoms. The zero-order chi connectivity index (χ0) is 21.9. The Balaban J connectivity index is 2.10. The van der Waals surface area contributed by atoms with Gasteiger partial charge in [-0.1, -0.05) is 43.2 Å². The zero-order valence-corrected chi connectivity index (χ0v) is 19.1. The molecule has 5 nitrogen and oxygen atoms in total. The Labute approximate surface area is 184 Å². The fourth-order valence-corrected chi connectivity index (χ4v) is 3.69. The van der Waals surface area contributed by atoms with E-state index in [0.717, 1.165) is 29.1 Å². The highest BCUT2D eigenvalue weighted by molar-refractivity contribution is 8.00. The van der Waals surface area contributed by atoms with Crippen molar-refractivity contribution in [2.24, 2.45) is 0 Å².